The number of rotatable bonds is 5. The first-order chi connectivity index (χ1) is 9.61. The zero-order chi connectivity index (χ0) is 14.5. The second kappa shape index (κ2) is 6.19. The maximum Gasteiger partial charge on any atom is 0.182 e. The molecule has 0 bridgehead atoms. The lowest BCUT2D eigenvalue weighted by atomic mass is 10.1. The van der Waals surface area contributed by atoms with Crippen molar-refractivity contribution in [3.05, 3.63) is 59.9 Å². The summed E-state index contributed by atoms with van der Waals surface area (Å²) in [5.74, 6) is 0.292. The van der Waals surface area contributed by atoms with Crippen LogP contribution in [-0.4, -0.2) is 26.5 Å². The number of carbonyl (C=O) groups is 1. The predicted molar refractivity (Wildman–Crippen MR) is 77.0 cm³/mol. The third-order valence-corrected chi connectivity index (χ3v) is 3.04. The molecule has 0 heterocycles. The molecule has 4 heteroatoms. The van der Waals surface area contributed by atoms with Crippen LogP contribution in [0.5, 0.6) is 5.75 Å². The molecular formula is C16H16FNO2. The fraction of sp³-hybridized carbons (Fsp3) is 0.188. The monoisotopic (exact) mass is 273 g/mol. The number of hydrogen-bond acceptors (Lipinski definition) is 3. The van der Waals surface area contributed by atoms with Gasteiger partial charge >= 0.3 is 0 Å². The minimum absolute atomic E-state index is 0.0709. The summed E-state index contributed by atoms with van der Waals surface area (Å²) in [6, 6.07) is 13.0. The van der Waals surface area contributed by atoms with Crippen molar-refractivity contribution in [3.63, 3.8) is 0 Å². The number of carbonyl (C=O) groups excluding carboxylic acids is 1. The van der Waals surface area contributed by atoms with Gasteiger partial charge in [0.1, 0.15) is 11.6 Å². The highest BCUT2D eigenvalue weighted by Crippen LogP contribution is 2.26. The molecule has 0 atom stereocenters. The van der Waals surface area contributed by atoms with Crippen molar-refractivity contribution in [3.8, 4) is 5.75 Å². The van der Waals surface area contributed by atoms with Gasteiger partial charge in [-0.15, -0.1) is 0 Å². The van der Waals surface area contributed by atoms with Crippen LogP contribution in [-0.2, 0) is 0 Å². The van der Waals surface area contributed by atoms with E-state index in [-0.39, 0.29) is 18.1 Å². The topological polar surface area (TPSA) is 29.5 Å². The van der Waals surface area contributed by atoms with Crippen molar-refractivity contribution in [2.75, 3.05) is 25.6 Å². The molecule has 0 spiro atoms. The normalized spacial score (nSPS) is 10.2. The van der Waals surface area contributed by atoms with Crippen LogP contribution in [0.4, 0.5) is 10.1 Å². The molecule has 0 fully saturated rings. The average molecular weight is 273 g/mol. The van der Waals surface area contributed by atoms with Crippen molar-refractivity contribution in [1.82, 2.24) is 0 Å². The molecule has 0 aliphatic heterocycles. The molecule has 104 valence electrons. The number of anilines is 1. The molecule has 0 aliphatic rings. The Morgan fingerprint density at radius 2 is 1.80 bits per heavy atom. The molecule has 20 heavy (non-hydrogen) atoms. The largest absolute Gasteiger partial charge is 0.495 e. The van der Waals surface area contributed by atoms with E-state index >= 15 is 0 Å². The molecule has 2 aromatic carbocycles. The summed E-state index contributed by atoms with van der Waals surface area (Å²) in [6.07, 6.45) is 0. The van der Waals surface area contributed by atoms with Gasteiger partial charge in [0, 0.05) is 12.6 Å². The van der Waals surface area contributed by atoms with E-state index in [1.165, 1.54) is 24.3 Å². The fourth-order valence-electron chi connectivity index (χ4n) is 1.97. The predicted octanol–water partition coefficient (Wildman–Crippen LogP) is 3.15. The SMILES string of the molecule is COc1ccccc1N(C)CC(=O)c1ccc(F)cc1. The zero-order valence-electron chi connectivity index (χ0n) is 11.5. The van der Waals surface area contributed by atoms with Gasteiger partial charge in [0.05, 0.1) is 19.3 Å². The fourth-order valence-corrected chi connectivity index (χ4v) is 1.97. The van der Waals surface area contributed by atoms with Gasteiger partial charge in [-0.05, 0) is 36.4 Å². The number of para-hydroxylation sites is 2. The van der Waals surface area contributed by atoms with Crippen molar-refractivity contribution < 1.29 is 13.9 Å². The molecule has 0 unspecified atom stereocenters. The molecule has 2 rings (SSSR count). The van der Waals surface area contributed by atoms with Crippen LogP contribution in [0, 0.1) is 5.82 Å². The Morgan fingerprint density at radius 1 is 1.15 bits per heavy atom. The van der Waals surface area contributed by atoms with E-state index in [0.717, 1.165) is 5.69 Å². The second-order valence-corrected chi connectivity index (χ2v) is 4.46. The zero-order valence-corrected chi connectivity index (χ0v) is 11.5. The number of methoxy groups -OCH3 is 1. The molecule has 0 saturated heterocycles. The Hall–Kier alpha value is -2.36. The molecule has 0 N–H and O–H groups in total. The van der Waals surface area contributed by atoms with E-state index in [0.29, 0.717) is 11.3 Å². The number of benzene rings is 2. The molecule has 0 aliphatic carbocycles. The van der Waals surface area contributed by atoms with Crippen LogP contribution in [0.25, 0.3) is 0 Å². The summed E-state index contributed by atoms with van der Waals surface area (Å²) in [5.41, 5.74) is 1.33. The van der Waals surface area contributed by atoms with Crippen molar-refractivity contribution in [1.29, 1.82) is 0 Å². The number of halogens is 1. The second-order valence-electron chi connectivity index (χ2n) is 4.46. The van der Waals surface area contributed by atoms with Crippen LogP contribution in [0.15, 0.2) is 48.5 Å². The van der Waals surface area contributed by atoms with E-state index in [4.69, 9.17) is 4.74 Å². The van der Waals surface area contributed by atoms with Crippen molar-refractivity contribution in [2.45, 2.75) is 0 Å². The molecule has 0 saturated carbocycles. The summed E-state index contributed by atoms with van der Waals surface area (Å²) in [7, 11) is 3.41. The minimum atomic E-state index is -0.348. The van der Waals surface area contributed by atoms with Gasteiger partial charge in [-0.2, -0.15) is 0 Å². The molecule has 0 radical (unpaired) electrons. The Labute approximate surface area is 117 Å². The lowest BCUT2D eigenvalue weighted by molar-refractivity contribution is 0.100. The molecule has 0 aromatic heterocycles. The van der Waals surface area contributed by atoms with Crippen molar-refractivity contribution >= 4 is 11.5 Å². The Kier molecular flexibility index (Phi) is 4.35. The summed E-state index contributed by atoms with van der Waals surface area (Å²) < 4.78 is 18.1. The summed E-state index contributed by atoms with van der Waals surface area (Å²) in [6.45, 7) is 0.200. The highest BCUT2D eigenvalue weighted by Gasteiger charge is 2.13. The van der Waals surface area contributed by atoms with Crippen LogP contribution < -0.4 is 9.64 Å². The van der Waals surface area contributed by atoms with Crippen LogP contribution in [0.2, 0.25) is 0 Å². The third-order valence-electron chi connectivity index (χ3n) is 3.04. The van der Waals surface area contributed by atoms with Crippen molar-refractivity contribution in [2.24, 2.45) is 0 Å². The van der Waals surface area contributed by atoms with Gasteiger partial charge in [-0.1, -0.05) is 12.1 Å². The van der Waals surface area contributed by atoms with E-state index in [1.807, 2.05) is 36.2 Å². The first-order valence-corrected chi connectivity index (χ1v) is 6.24. The standard InChI is InChI=1S/C16H16FNO2/c1-18(14-5-3-4-6-16(14)20-2)11-15(19)12-7-9-13(17)10-8-12/h3-10H,11H2,1-2H3. The number of Topliss-reactive ketones (excluding diaryl/α,β-unsaturated/α-hetero) is 1. The van der Waals surface area contributed by atoms with E-state index in [1.54, 1.807) is 7.11 Å². The van der Waals surface area contributed by atoms with E-state index in [2.05, 4.69) is 0 Å². The first kappa shape index (κ1) is 14.1. The molecule has 3 nitrogen and oxygen atoms in total. The lowest BCUT2D eigenvalue weighted by Crippen LogP contribution is -2.26. The maximum atomic E-state index is 12.8. The summed E-state index contributed by atoms with van der Waals surface area (Å²) in [4.78, 5) is 13.9. The quantitative estimate of drug-likeness (QED) is 0.784. The lowest BCUT2D eigenvalue weighted by Gasteiger charge is -2.20. The van der Waals surface area contributed by atoms with Gasteiger partial charge in [0.2, 0.25) is 0 Å². The van der Waals surface area contributed by atoms with Crippen LogP contribution in [0.3, 0.4) is 0 Å². The number of ketones is 1. The number of hydrogen-bond donors (Lipinski definition) is 0. The van der Waals surface area contributed by atoms with Gasteiger partial charge in [0.15, 0.2) is 5.78 Å². The average Bonchev–Trinajstić information content (AvgIpc) is 2.47. The highest BCUT2D eigenvalue weighted by molar-refractivity contribution is 5.99. The first-order valence-electron chi connectivity index (χ1n) is 6.24. The van der Waals surface area contributed by atoms with Gasteiger partial charge in [-0.25, -0.2) is 4.39 Å². The number of likely N-dealkylation sites (N-methyl/N-ethyl adjacent to an activating group) is 1. The van der Waals surface area contributed by atoms with Gasteiger partial charge in [0.25, 0.3) is 0 Å². The summed E-state index contributed by atoms with van der Waals surface area (Å²) in [5, 5.41) is 0. The highest BCUT2D eigenvalue weighted by atomic mass is 19.1. The maximum absolute atomic E-state index is 12.8. The number of ether oxygens (including phenoxy) is 1. The van der Waals surface area contributed by atoms with Crippen LogP contribution in [0.1, 0.15) is 10.4 Å². The Bertz CT molecular complexity index is 596. The van der Waals surface area contributed by atoms with E-state index < -0.39 is 0 Å². The van der Waals surface area contributed by atoms with Gasteiger partial charge in [-0.3, -0.25) is 4.79 Å². The molecular weight excluding hydrogens is 257 g/mol. The smallest absolute Gasteiger partial charge is 0.182 e. The Balaban J connectivity index is 2.13. The summed E-state index contributed by atoms with van der Waals surface area (Å²) >= 11 is 0. The molecule has 2 aromatic rings. The van der Waals surface area contributed by atoms with Gasteiger partial charge < -0.3 is 9.64 Å². The minimum Gasteiger partial charge on any atom is -0.495 e. The molecule has 0 amide bonds. The van der Waals surface area contributed by atoms with Crippen LogP contribution >= 0.6 is 0 Å². The third kappa shape index (κ3) is 3.15. The Morgan fingerprint density at radius 3 is 2.45 bits per heavy atom. The van der Waals surface area contributed by atoms with E-state index in [9.17, 15) is 9.18 Å². The number of nitrogens with zero attached hydrogens (tertiary/aromatic N) is 1.